The molecule has 1 N–H and O–H groups in total. The van der Waals surface area contributed by atoms with E-state index in [1.165, 1.54) is 17.5 Å². The van der Waals surface area contributed by atoms with Gasteiger partial charge in [0.1, 0.15) is 5.75 Å². The van der Waals surface area contributed by atoms with Crippen molar-refractivity contribution in [3.8, 4) is 17.0 Å². The summed E-state index contributed by atoms with van der Waals surface area (Å²) in [7, 11) is 0. The number of phenolic OH excluding ortho intramolecular Hbond substituents is 1. The monoisotopic (exact) mass is 245 g/mol. The molecule has 1 aromatic heterocycles. The lowest BCUT2D eigenvalue weighted by molar-refractivity contribution is -0.137. The van der Waals surface area contributed by atoms with Crippen molar-refractivity contribution in [1.82, 2.24) is 4.98 Å². The average Bonchev–Trinajstić information content (AvgIpc) is 2.66. The molecule has 0 atom stereocenters. The van der Waals surface area contributed by atoms with Gasteiger partial charge in [-0.3, -0.25) is 0 Å². The van der Waals surface area contributed by atoms with Gasteiger partial charge in [-0.05, 0) is 12.1 Å². The lowest BCUT2D eigenvalue weighted by atomic mass is 10.1. The van der Waals surface area contributed by atoms with Gasteiger partial charge in [-0.15, -0.1) is 11.3 Å². The number of nitrogens with zero attached hydrogens (tertiary/aromatic N) is 1. The molecule has 0 fully saturated rings. The molecule has 1 heterocycles. The molecule has 1 aromatic carbocycles. The quantitative estimate of drug-likeness (QED) is 0.833. The Bertz CT molecular complexity index is 507. The fourth-order valence-electron chi connectivity index (χ4n) is 1.22. The molecule has 0 bridgehead atoms. The minimum Gasteiger partial charge on any atom is -0.507 e. The third kappa shape index (κ3) is 2.01. The molecule has 0 unspecified atom stereocenters. The van der Waals surface area contributed by atoms with Crippen LogP contribution >= 0.6 is 11.3 Å². The number of benzene rings is 1. The van der Waals surface area contributed by atoms with Crippen molar-refractivity contribution in [3.63, 3.8) is 0 Å². The van der Waals surface area contributed by atoms with E-state index in [1.54, 1.807) is 12.1 Å². The first-order valence-corrected chi connectivity index (χ1v) is 5.17. The van der Waals surface area contributed by atoms with Crippen LogP contribution in [-0.2, 0) is 6.18 Å². The third-order valence-electron chi connectivity index (χ3n) is 1.93. The summed E-state index contributed by atoms with van der Waals surface area (Å²) in [5, 5.41) is 9.82. The van der Waals surface area contributed by atoms with Gasteiger partial charge in [0.15, 0.2) is 5.01 Å². The number of alkyl halides is 3. The SMILES string of the molecule is Oc1ccccc1-c1csc(C(F)(F)F)n1. The summed E-state index contributed by atoms with van der Waals surface area (Å²) in [5.74, 6) is -0.0819. The van der Waals surface area contributed by atoms with Crippen LogP contribution in [-0.4, -0.2) is 10.1 Å². The van der Waals surface area contributed by atoms with Gasteiger partial charge in [-0.25, -0.2) is 4.98 Å². The largest absolute Gasteiger partial charge is 0.507 e. The van der Waals surface area contributed by atoms with Crippen molar-refractivity contribution < 1.29 is 18.3 Å². The van der Waals surface area contributed by atoms with E-state index in [1.807, 2.05) is 0 Å². The molecule has 0 aliphatic rings. The van der Waals surface area contributed by atoms with Gasteiger partial charge in [0.2, 0.25) is 0 Å². The van der Waals surface area contributed by atoms with Gasteiger partial charge in [0.25, 0.3) is 0 Å². The zero-order valence-electron chi connectivity index (χ0n) is 7.82. The maximum atomic E-state index is 12.3. The Morgan fingerprint density at radius 3 is 2.44 bits per heavy atom. The van der Waals surface area contributed by atoms with E-state index >= 15 is 0 Å². The first kappa shape index (κ1) is 10.9. The van der Waals surface area contributed by atoms with E-state index in [-0.39, 0.29) is 11.4 Å². The maximum Gasteiger partial charge on any atom is 0.443 e. The van der Waals surface area contributed by atoms with Crippen molar-refractivity contribution in [2.24, 2.45) is 0 Å². The standard InChI is InChI=1S/C10H6F3NOS/c11-10(12,13)9-14-7(5-16-9)6-3-1-2-4-8(6)15/h1-5,15H. The van der Waals surface area contributed by atoms with Crippen LogP contribution in [0.1, 0.15) is 5.01 Å². The maximum absolute atomic E-state index is 12.3. The van der Waals surface area contributed by atoms with Crippen LogP contribution in [0.4, 0.5) is 13.2 Å². The number of aromatic nitrogens is 1. The Morgan fingerprint density at radius 2 is 1.88 bits per heavy atom. The second kappa shape index (κ2) is 3.79. The number of phenols is 1. The predicted octanol–water partition coefficient (Wildman–Crippen LogP) is 3.53. The smallest absolute Gasteiger partial charge is 0.443 e. The molecule has 0 amide bonds. The first-order chi connectivity index (χ1) is 7.48. The Labute approximate surface area is 93.0 Å². The molecule has 0 saturated carbocycles. The molecule has 0 aliphatic carbocycles. The number of thiazole rings is 1. The van der Waals surface area contributed by atoms with E-state index < -0.39 is 11.2 Å². The molecule has 2 rings (SSSR count). The van der Waals surface area contributed by atoms with Crippen LogP contribution in [0, 0.1) is 0 Å². The zero-order valence-corrected chi connectivity index (χ0v) is 8.64. The highest BCUT2D eigenvalue weighted by Crippen LogP contribution is 2.36. The Hall–Kier alpha value is -1.56. The third-order valence-corrected chi connectivity index (χ3v) is 2.81. The Balaban J connectivity index is 2.44. The molecule has 0 spiro atoms. The summed E-state index contributed by atoms with van der Waals surface area (Å²) >= 11 is 0.513. The summed E-state index contributed by atoms with van der Waals surface area (Å²) in [6.45, 7) is 0. The van der Waals surface area contributed by atoms with Crippen LogP contribution in [0.3, 0.4) is 0 Å². The number of aromatic hydroxyl groups is 1. The number of halogens is 3. The molecule has 2 aromatic rings. The molecule has 0 aliphatic heterocycles. The van der Waals surface area contributed by atoms with Gasteiger partial charge in [0.05, 0.1) is 5.69 Å². The van der Waals surface area contributed by atoms with E-state index in [9.17, 15) is 18.3 Å². The highest BCUT2D eigenvalue weighted by atomic mass is 32.1. The lowest BCUT2D eigenvalue weighted by Crippen LogP contribution is -2.03. The summed E-state index contributed by atoms with van der Waals surface area (Å²) in [6, 6.07) is 6.14. The molecule has 0 radical (unpaired) electrons. The highest BCUT2D eigenvalue weighted by Gasteiger charge is 2.34. The molecule has 84 valence electrons. The van der Waals surface area contributed by atoms with Crippen LogP contribution in [0.15, 0.2) is 29.6 Å². The van der Waals surface area contributed by atoms with E-state index in [0.717, 1.165) is 0 Å². The lowest BCUT2D eigenvalue weighted by Gasteiger charge is -2.01. The first-order valence-electron chi connectivity index (χ1n) is 4.29. The van der Waals surface area contributed by atoms with Crippen molar-refractivity contribution in [1.29, 1.82) is 0 Å². The van der Waals surface area contributed by atoms with Gasteiger partial charge < -0.3 is 5.11 Å². The fraction of sp³-hybridized carbons (Fsp3) is 0.100. The minimum absolute atomic E-state index is 0.0819. The van der Waals surface area contributed by atoms with Crippen molar-refractivity contribution in [3.05, 3.63) is 34.7 Å². The van der Waals surface area contributed by atoms with Gasteiger partial charge in [-0.1, -0.05) is 12.1 Å². The molecule has 16 heavy (non-hydrogen) atoms. The summed E-state index contributed by atoms with van der Waals surface area (Å²) in [4.78, 5) is 3.45. The van der Waals surface area contributed by atoms with E-state index in [2.05, 4.69) is 4.98 Å². The van der Waals surface area contributed by atoms with Crippen LogP contribution in [0.2, 0.25) is 0 Å². The average molecular weight is 245 g/mol. The molecule has 0 saturated heterocycles. The van der Waals surface area contributed by atoms with Crippen LogP contribution < -0.4 is 0 Å². The topological polar surface area (TPSA) is 33.1 Å². The van der Waals surface area contributed by atoms with Crippen molar-refractivity contribution >= 4 is 11.3 Å². The van der Waals surface area contributed by atoms with Gasteiger partial charge >= 0.3 is 6.18 Å². The molecule has 6 heteroatoms. The van der Waals surface area contributed by atoms with Crippen LogP contribution in [0.5, 0.6) is 5.75 Å². The minimum atomic E-state index is -4.44. The number of hydrogen-bond donors (Lipinski definition) is 1. The molecule has 2 nitrogen and oxygen atoms in total. The number of para-hydroxylation sites is 1. The fourth-order valence-corrected chi connectivity index (χ4v) is 1.91. The second-order valence-corrected chi connectivity index (χ2v) is 3.91. The normalized spacial score (nSPS) is 11.7. The van der Waals surface area contributed by atoms with E-state index in [4.69, 9.17) is 0 Å². The Morgan fingerprint density at radius 1 is 1.19 bits per heavy atom. The number of hydrogen-bond acceptors (Lipinski definition) is 3. The van der Waals surface area contributed by atoms with Crippen molar-refractivity contribution in [2.75, 3.05) is 0 Å². The summed E-state index contributed by atoms with van der Waals surface area (Å²) in [5.41, 5.74) is 0.435. The molecular formula is C10H6F3NOS. The van der Waals surface area contributed by atoms with Gasteiger partial charge in [0, 0.05) is 10.9 Å². The van der Waals surface area contributed by atoms with Gasteiger partial charge in [-0.2, -0.15) is 13.2 Å². The van der Waals surface area contributed by atoms with E-state index in [0.29, 0.717) is 16.9 Å². The predicted molar refractivity (Wildman–Crippen MR) is 54.2 cm³/mol. The zero-order chi connectivity index (χ0) is 11.8. The second-order valence-electron chi connectivity index (χ2n) is 3.05. The highest BCUT2D eigenvalue weighted by molar-refractivity contribution is 7.10. The summed E-state index contributed by atoms with van der Waals surface area (Å²) < 4.78 is 36.9. The van der Waals surface area contributed by atoms with Crippen molar-refractivity contribution in [2.45, 2.75) is 6.18 Å². The van der Waals surface area contributed by atoms with Crippen LogP contribution in [0.25, 0.3) is 11.3 Å². The summed E-state index contributed by atoms with van der Waals surface area (Å²) in [6.07, 6.45) is -4.44. The Kier molecular flexibility index (Phi) is 2.59. The number of rotatable bonds is 1. The molecular weight excluding hydrogens is 239 g/mol.